The molecule has 0 aromatic heterocycles. The Morgan fingerprint density at radius 1 is 1.07 bits per heavy atom. The number of ether oxygens (including phenoxy) is 1. The van der Waals surface area contributed by atoms with E-state index in [1.54, 1.807) is 38.4 Å². The van der Waals surface area contributed by atoms with Crippen molar-refractivity contribution in [2.45, 2.75) is 17.9 Å². The molecule has 0 saturated carbocycles. The van der Waals surface area contributed by atoms with E-state index in [0.717, 1.165) is 23.3 Å². The van der Waals surface area contributed by atoms with E-state index in [1.807, 2.05) is 24.3 Å². The summed E-state index contributed by atoms with van der Waals surface area (Å²) in [6.07, 6.45) is 0.807. The summed E-state index contributed by atoms with van der Waals surface area (Å²) in [5.41, 5.74) is 2.09. The molecule has 146 valence electrons. The predicted octanol–water partition coefficient (Wildman–Crippen LogP) is 1.51. The van der Waals surface area contributed by atoms with Gasteiger partial charge in [0.1, 0.15) is 5.75 Å². The molecule has 2 rings (SSSR count). The SMILES string of the molecule is CN=C(NCCc1ccccc1OC)NCc1ccc(S(=O)(=O)NC)cc1. The lowest BCUT2D eigenvalue weighted by atomic mass is 10.1. The average molecular weight is 391 g/mol. The number of aliphatic imine (C=N–C) groups is 1. The van der Waals surface area contributed by atoms with E-state index in [4.69, 9.17) is 4.74 Å². The maximum atomic E-state index is 11.7. The highest BCUT2D eigenvalue weighted by Crippen LogP contribution is 2.17. The third-order valence-corrected chi connectivity index (χ3v) is 5.50. The minimum absolute atomic E-state index is 0.244. The highest BCUT2D eigenvalue weighted by molar-refractivity contribution is 7.89. The number of hydrogen-bond acceptors (Lipinski definition) is 4. The first-order chi connectivity index (χ1) is 13.0. The van der Waals surface area contributed by atoms with Crippen LogP contribution in [0.4, 0.5) is 0 Å². The number of para-hydroxylation sites is 1. The molecule has 0 fully saturated rings. The van der Waals surface area contributed by atoms with Crippen LogP contribution in [0.15, 0.2) is 58.4 Å². The van der Waals surface area contributed by atoms with Crippen LogP contribution in [0.25, 0.3) is 0 Å². The molecule has 0 atom stereocenters. The topological polar surface area (TPSA) is 91.8 Å². The van der Waals surface area contributed by atoms with Crippen molar-refractivity contribution in [3.05, 3.63) is 59.7 Å². The second kappa shape index (κ2) is 9.94. The van der Waals surface area contributed by atoms with Crippen LogP contribution in [0.5, 0.6) is 5.75 Å². The summed E-state index contributed by atoms with van der Waals surface area (Å²) in [4.78, 5) is 4.45. The molecule has 0 aliphatic rings. The highest BCUT2D eigenvalue weighted by Gasteiger charge is 2.10. The number of sulfonamides is 1. The fourth-order valence-corrected chi connectivity index (χ4v) is 3.27. The molecular weight excluding hydrogens is 364 g/mol. The zero-order chi connectivity index (χ0) is 19.7. The summed E-state index contributed by atoms with van der Waals surface area (Å²) in [7, 11) is 1.36. The van der Waals surface area contributed by atoms with Crippen LogP contribution in [0.3, 0.4) is 0 Å². The first-order valence-corrected chi connectivity index (χ1v) is 10.1. The van der Waals surface area contributed by atoms with Gasteiger partial charge in [-0.2, -0.15) is 0 Å². The first kappa shape index (κ1) is 20.7. The van der Waals surface area contributed by atoms with Crippen molar-refractivity contribution in [3.63, 3.8) is 0 Å². The molecular formula is C19H26N4O3S. The van der Waals surface area contributed by atoms with Crippen LogP contribution < -0.4 is 20.1 Å². The summed E-state index contributed by atoms with van der Waals surface area (Å²) >= 11 is 0. The van der Waals surface area contributed by atoms with Gasteiger partial charge in [0.2, 0.25) is 10.0 Å². The molecule has 0 unspecified atom stereocenters. The summed E-state index contributed by atoms with van der Waals surface area (Å²) in [5, 5.41) is 6.48. The Balaban J connectivity index is 1.85. The predicted molar refractivity (Wildman–Crippen MR) is 108 cm³/mol. The Hall–Kier alpha value is -2.58. The van der Waals surface area contributed by atoms with Crippen molar-refractivity contribution < 1.29 is 13.2 Å². The highest BCUT2D eigenvalue weighted by atomic mass is 32.2. The van der Waals surface area contributed by atoms with Gasteiger partial charge in [-0.1, -0.05) is 30.3 Å². The molecule has 0 amide bonds. The maximum Gasteiger partial charge on any atom is 0.240 e. The van der Waals surface area contributed by atoms with Gasteiger partial charge in [-0.3, -0.25) is 4.99 Å². The van der Waals surface area contributed by atoms with E-state index in [-0.39, 0.29) is 4.90 Å². The summed E-state index contributed by atoms with van der Waals surface area (Å²) in [5.74, 6) is 1.55. The van der Waals surface area contributed by atoms with Crippen molar-refractivity contribution >= 4 is 16.0 Å². The summed E-state index contributed by atoms with van der Waals surface area (Å²) < 4.78 is 31.1. The van der Waals surface area contributed by atoms with Crippen LogP contribution in [0.2, 0.25) is 0 Å². The van der Waals surface area contributed by atoms with Crippen LogP contribution >= 0.6 is 0 Å². The average Bonchev–Trinajstić information content (AvgIpc) is 2.71. The van der Waals surface area contributed by atoms with E-state index in [0.29, 0.717) is 19.0 Å². The summed E-state index contributed by atoms with van der Waals surface area (Å²) in [6.45, 7) is 1.24. The lowest BCUT2D eigenvalue weighted by Crippen LogP contribution is -2.37. The van der Waals surface area contributed by atoms with Crippen molar-refractivity contribution in [1.82, 2.24) is 15.4 Å². The number of methoxy groups -OCH3 is 1. The van der Waals surface area contributed by atoms with Crippen LogP contribution in [0, 0.1) is 0 Å². The third-order valence-electron chi connectivity index (χ3n) is 4.07. The molecule has 2 aromatic rings. The normalized spacial score (nSPS) is 11.9. The van der Waals surface area contributed by atoms with E-state index in [1.165, 1.54) is 7.05 Å². The van der Waals surface area contributed by atoms with Gasteiger partial charge in [0.25, 0.3) is 0 Å². The zero-order valence-corrected chi connectivity index (χ0v) is 16.6. The Morgan fingerprint density at radius 2 is 1.78 bits per heavy atom. The second-order valence-electron chi connectivity index (χ2n) is 5.77. The monoisotopic (exact) mass is 390 g/mol. The number of nitrogens with one attached hydrogen (secondary N) is 3. The molecule has 8 heteroatoms. The van der Waals surface area contributed by atoms with Crippen molar-refractivity contribution in [1.29, 1.82) is 0 Å². The van der Waals surface area contributed by atoms with Crippen molar-refractivity contribution in [2.24, 2.45) is 4.99 Å². The summed E-state index contributed by atoms with van der Waals surface area (Å²) in [6, 6.07) is 14.6. The van der Waals surface area contributed by atoms with Gasteiger partial charge in [0, 0.05) is 20.1 Å². The molecule has 0 heterocycles. The largest absolute Gasteiger partial charge is 0.496 e. The van der Waals surface area contributed by atoms with Gasteiger partial charge in [0.05, 0.1) is 12.0 Å². The zero-order valence-electron chi connectivity index (χ0n) is 15.8. The fourth-order valence-electron chi connectivity index (χ4n) is 2.54. The van der Waals surface area contributed by atoms with Crippen molar-refractivity contribution in [3.8, 4) is 5.75 Å². The van der Waals surface area contributed by atoms with E-state index in [2.05, 4.69) is 20.3 Å². The van der Waals surface area contributed by atoms with Crippen LogP contribution in [0.1, 0.15) is 11.1 Å². The molecule has 3 N–H and O–H groups in total. The lowest BCUT2D eigenvalue weighted by molar-refractivity contribution is 0.409. The number of hydrogen-bond donors (Lipinski definition) is 3. The Labute approximate surface area is 160 Å². The Bertz CT molecular complexity index is 865. The molecule has 0 aliphatic carbocycles. The number of nitrogens with zero attached hydrogens (tertiary/aromatic N) is 1. The minimum Gasteiger partial charge on any atom is -0.496 e. The fraction of sp³-hybridized carbons (Fsp3) is 0.316. The molecule has 0 bridgehead atoms. The maximum absolute atomic E-state index is 11.7. The number of benzene rings is 2. The standard InChI is InChI=1S/C19H26N4O3S/c1-20-19(22-13-12-16-6-4-5-7-18(16)26-3)23-14-15-8-10-17(11-9-15)27(24,25)21-2/h4-11,21H,12-14H2,1-3H3,(H2,20,22,23). The van der Waals surface area contributed by atoms with E-state index in [9.17, 15) is 8.42 Å². The lowest BCUT2D eigenvalue weighted by Gasteiger charge is -2.13. The van der Waals surface area contributed by atoms with Gasteiger partial charge >= 0.3 is 0 Å². The number of guanidine groups is 1. The van der Waals surface area contributed by atoms with Gasteiger partial charge in [-0.25, -0.2) is 13.1 Å². The third kappa shape index (κ3) is 5.97. The molecule has 0 aliphatic heterocycles. The van der Waals surface area contributed by atoms with Crippen LogP contribution in [-0.2, 0) is 23.0 Å². The van der Waals surface area contributed by atoms with E-state index < -0.39 is 10.0 Å². The molecule has 27 heavy (non-hydrogen) atoms. The van der Waals surface area contributed by atoms with Gasteiger partial charge < -0.3 is 15.4 Å². The smallest absolute Gasteiger partial charge is 0.240 e. The van der Waals surface area contributed by atoms with E-state index >= 15 is 0 Å². The Morgan fingerprint density at radius 3 is 2.41 bits per heavy atom. The van der Waals surface area contributed by atoms with Gasteiger partial charge in [-0.15, -0.1) is 0 Å². The first-order valence-electron chi connectivity index (χ1n) is 8.59. The molecule has 0 spiro atoms. The minimum atomic E-state index is -3.41. The second-order valence-corrected chi connectivity index (χ2v) is 7.65. The molecule has 0 radical (unpaired) electrons. The van der Waals surface area contributed by atoms with Gasteiger partial charge in [0.15, 0.2) is 5.96 Å². The van der Waals surface area contributed by atoms with Crippen molar-refractivity contribution in [2.75, 3.05) is 27.7 Å². The molecule has 7 nitrogen and oxygen atoms in total. The quantitative estimate of drug-likeness (QED) is 0.469. The number of rotatable bonds is 8. The molecule has 0 saturated heterocycles. The van der Waals surface area contributed by atoms with Gasteiger partial charge in [-0.05, 0) is 42.8 Å². The molecule has 2 aromatic carbocycles. The Kier molecular flexibility index (Phi) is 7.63. The van der Waals surface area contributed by atoms with Crippen LogP contribution in [-0.4, -0.2) is 42.1 Å².